The molecule has 0 radical (unpaired) electrons. The number of ether oxygens (including phenoxy) is 1. The number of nitrogens with zero attached hydrogens (tertiary/aromatic N) is 3. The fourth-order valence-corrected chi connectivity index (χ4v) is 2.98. The van der Waals surface area contributed by atoms with Crippen LogP contribution in [0.25, 0.3) is 11.2 Å². The molecule has 1 unspecified atom stereocenters. The van der Waals surface area contributed by atoms with Gasteiger partial charge < -0.3 is 10.5 Å². The molecule has 1 aromatic carbocycles. The van der Waals surface area contributed by atoms with Crippen molar-refractivity contribution in [2.45, 2.75) is 19.4 Å². The Morgan fingerprint density at radius 2 is 2.05 bits per heavy atom. The van der Waals surface area contributed by atoms with Crippen molar-refractivity contribution >= 4 is 17.1 Å². The van der Waals surface area contributed by atoms with Crippen LogP contribution in [0.2, 0.25) is 0 Å². The van der Waals surface area contributed by atoms with Gasteiger partial charge in [0.25, 0.3) is 0 Å². The number of aromatic nitrogens is 3. The summed E-state index contributed by atoms with van der Waals surface area (Å²) in [5.74, 6) is 1.42. The topological polar surface area (TPSA) is 66.0 Å². The van der Waals surface area contributed by atoms with Crippen molar-refractivity contribution in [1.29, 1.82) is 0 Å². The molecule has 106 valence electrons. The molecule has 0 bridgehead atoms. The molecular formula is C16H16N4O. The summed E-state index contributed by atoms with van der Waals surface area (Å²) in [6, 6.07) is 12.1. The van der Waals surface area contributed by atoms with Gasteiger partial charge in [-0.1, -0.05) is 18.2 Å². The Kier molecular flexibility index (Phi) is 2.60. The molecule has 0 saturated carbocycles. The third-order valence-electron chi connectivity index (χ3n) is 3.94. The number of imidazole rings is 1. The second kappa shape index (κ2) is 4.48. The van der Waals surface area contributed by atoms with E-state index in [1.165, 1.54) is 0 Å². The highest BCUT2D eigenvalue weighted by atomic mass is 16.5. The molecule has 5 nitrogen and oxygen atoms in total. The van der Waals surface area contributed by atoms with Crippen molar-refractivity contribution in [2.24, 2.45) is 0 Å². The van der Waals surface area contributed by atoms with E-state index >= 15 is 0 Å². The van der Waals surface area contributed by atoms with E-state index in [0.717, 1.165) is 34.6 Å². The van der Waals surface area contributed by atoms with E-state index in [2.05, 4.69) is 16.0 Å². The second-order valence-corrected chi connectivity index (χ2v) is 5.33. The van der Waals surface area contributed by atoms with Gasteiger partial charge >= 0.3 is 0 Å². The normalized spacial score (nSPS) is 17.5. The van der Waals surface area contributed by atoms with Crippen LogP contribution in [-0.4, -0.2) is 21.1 Å². The maximum Gasteiger partial charge on any atom is 0.203 e. The van der Waals surface area contributed by atoms with Crippen LogP contribution in [0, 0.1) is 6.92 Å². The van der Waals surface area contributed by atoms with Gasteiger partial charge in [-0.05, 0) is 25.1 Å². The lowest BCUT2D eigenvalue weighted by atomic mass is 10.0. The summed E-state index contributed by atoms with van der Waals surface area (Å²) in [6.07, 6.45) is 0.863. The van der Waals surface area contributed by atoms with Crippen molar-refractivity contribution in [3.8, 4) is 5.75 Å². The Balaban J connectivity index is 1.95. The van der Waals surface area contributed by atoms with Crippen LogP contribution >= 0.6 is 0 Å². The predicted molar refractivity (Wildman–Crippen MR) is 81.4 cm³/mol. The fraction of sp³-hybridized carbons (Fsp3) is 0.250. The van der Waals surface area contributed by atoms with Crippen LogP contribution in [-0.2, 0) is 0 Å². The first-order valence-corrected chi connectivity index (χ1v) is 7.07. The Morgan fingerprint density at radius 1 is 1.19 bits per heavy atom. The van der Waals surface area contributed by atoms with Gasteiger partial charge in [-0.25, -0.2) is 9.97 Å². The minimum absolute atomic E-state index is 0.120. The van der Waals surface area contributed by atoms with E-state index in [4.69, 9.17) is 10.5 Å². The minimum atomic E-state index is 0.120. The number of aryl methyl sites for hydroxylation is 1. The molecule has 0 aliphatic carbocycles. The number of anilines is 1. The van der Waals surface area contributed by atoms with Crippen LogP contribution < -0.4 is 10.5 Å². The number of nitrogen functional groups attached to an aromatic ring is 1. The van der Waals surface area contributed by atoms with E-state index in [1.54, 1.807) is 0 Å². The molecule has 5 heteroatoms. The third-order valence-corrected chi connectivity index (χ3v) is 3.94. The average molecular weight is 280 g/mol. The van der Waals surface area contributed by atoms with Crippen LogP contribution in [0.4, 0.5) is 5.95 Å². The minimum Gasteiger partial charge on any atom is -0.493 e. The zero-order valence-corrected chi connectivity index (χ0v) is 11.8. The lowest BCUT2D eigenvalue weighted by molar-refractivity contribution is 0.258. The van der Waals surface area contributed by atoms with Crippen molar-refractivity contribution in [2.75, 3.05) is 12.3 Å². The number of hydrogen-bond donors (Lipinski definition) is 1. The van der Waals surface area contributed by atoms with Crippen LogP contribution in [0.5, 0.6) is 5.75 Å². The number of pyridine rings is 1. The molecule has 0 saturated heterocycles. The third kappa shape index (κ3) is 1.85. The molecule has 1 atom stereocenters. The lowest BCUT2D eigenvalue weighted by Crippen LogP contribution is -2.21. The van der Waals surface area contributed by atoms with Crippen LogP contribution in [0.1, 0.15) is 23.7 Å². The van der Waals surface area contributed by atoms with E-state index in [0.29, 0.717) is 12.6 Å². The van der Waals surface area contributed by atoms with E-state index in [1.807, 2.05) is 41.8 Å². The number of fused-ring (bicyclic) bond motifs is 2. The second-order valence-electron chi connectivity index (χ2n) is 5.33. The summed E-state index contributed by atoms with van der Waals surface area (Å²) < 4.78 is 7.76. The molecule has 4 rings (SSSR count). The molecule has 0 fully saturated rings. The molecule has 0 spiro atoms. The zero-order chi connectivity index (χ0) is 14.4. The molecule has 2 aromatic heterocycles. The summed E-state index contributed by atoms with van der Waals surface area (Å²) in [5, 5.41) is 0. The van der Waals surface area contributed by atoms with Crippen LogP contribution in [0.15, 0.2) is 36.4 Å². The summed E-state index contributed by atoms with van der Waals surface area (Å²) >= 11 is 0. The van der Waals surface area contributed by atoms with Gasteiger partial charge in [0.05, 0.1) is 12.6 Å². The first kappa shape index (κ1) is 12.2. The Labute approximate surface area is 122 Å². The summed E-state index contributed by atoms with van der Waals surface area (Å²) in [4.78, 5) is 9.06. The van der Waals surface area contributed by atoms with E-state index < -0.39 is 0 Å². The van der Waals surface area contributed by atoms with E-state index in [9.17, 15) is 0 Å². The summed E-state index contributed by atoms with van der Waals surface area (Å²) in [6.45, 7) is 2.65. The molecule has 3 aromatic rings. The van der Waals surface area contributed by atoms with Crippen molar-refractivity contribution in [3.63, 3.8) is 0 Å². The number of para-hydroxylation sites is 1. The molecule has 1 aliphatic rings. The van der Waals surface area contributed by atoms with Crippen LogP contribution in [0.3, 0.4) is 0 Å². The van der Waals surface area contributed by atoms with Gasteiger partial charge in [0, 0.05) is 17.7 Å². The SMILES string of the molecule is Cc1ccc2nc(N)n(C3CCOc4ccccc43)c2n1. The number of rotatable bonds is 1. The number of hydrogen-bond acceptors (Lipinski definition) is 4. The predicted octanol–water partition coefficient (Wildman–Crippen LogP) is 2.69. The highest BCUT2D eigenvalue weighted by molar-refractivity contribution is 5.75. The van der Waals surface area contributed by atoms with Gasteiger partial charge in [0.2, 0.25) is 5.95 Å². The van der Waals surface area contributed by atoms with Gasteiger partial charge in [0.1, 0.15) is 11.3 Å². The average Bonchev–Trinajstić information content (AvgIpc) is 2.82. The first-order chi connectivity index (χ1) is 10.2. The smallest absolute Gasteiger partial charge is 0.203 e. The Bertz CT molecular complexity index is 824. The summed E-state index contributed by atoms with van der Waals surface area (Å²) in [5.41, 5.74) is 9.94. The molecule has 0 amide bonds. The monoisotopic (exact) mass is 280 g/mol. The van der Waals surface area contributed by atoms with Crippen molar-refractivity contribution in [1.82, 2.24) is 14.5 Å². The van der Waals surface area contributed by atoms with Gasteiger partial charge in [0.15, 0.2) is 5.65 Å². The highest BCUT2D eigenvalue weighted by Crippen LogP contribution is 2.37. The number of nitrogens with two attached hydrogens (primary N) is 1. The molecule has 2 N–H and O–H groups in total. The maximum absolute atomic E-state index is 6.16. The fourth-order valence-electron chi connectivity index (χ4n) is 2.98. The molecule has 3 heterocycles. The summed E-state index contributed by atoms with van der Waals surface area (Å²) in [7, 11) is 0. The van der Waals surface area contributed by atoms with Gasteiger partial charge in [-0.3, -0.25) is 4.57 Å². The van der Waals surface area contributed by atoms with Crippen molar-refractivity contribution < 1.29 is 4.74 Å². The zero-order valence-electron chi connectivity index (χ0n) is 11.8. The Hall–Kier alpha value is -2.56. The van der Waals surface area contributed by atoms with Crippen molar-refractivity contribution in [3.05, 3.63) is 47.7 Å². The van der Waals surface area contributed by atoms with Gasteiger partial charge in [-0.2, -0.15) is 0 Å². The lowest BCUT2D eigenvalue weighted by Gasteiger charge is -2.27. The standard InChI is InChI=1S/C16H16N4O/c1-10-6-7-12-15(18-10)20(16(17)19-12)13-8-9-21-14-5-3-2-4-11(13)14/h2-7,13H,8-9H2,1H3,(H2,17,19). The quantitative estimate of drug-likeness (QED) is 0.744. The maximum atomic E-state index is 6.16. The molecule has 1 aliphatic heterocycles. The first-order valence-electron chi connectivity index (χ1n) is 7.07. The highest BCUT2D eigenvalue weighted by Gasteiger charge is 2.26. The Morgan fingerprint density at radius 3 is 2.95 bits per heavy atom. The van der Waals surface area contributed by atoms with Gasteiger partial charge in [-0.15, -0.1) is 0 Å². The van der Waals surface area contributed by atoms with E-state index in [-0.39, 0.29) is 6.04 Å². The molecule has 21 heavy (non-hydrogen) atoms. The largest absolute Gasteiger partial charge is 0.493 e. The molecular weight excluding hydrogens is 264 g/mol. The number of benzene rings is 1.